The van der Waals surface area contributed by atoms with Gasteiger partial charge >= 0.3 is 7.12 Å². The molecule has 1 aliphatic carbocycles. The van der Waals surface area contributed by atoms with Gasteiger partial charge in [0, 0.05) is 6.04 Å². The second-order valence-corrected chi connectivity index (χ2v) is 8.16. The van der Waals surface area contributed by atoms with Crippen LogP contribution in [-0.4, -0.2) is 30.3 Å². The Morgan fingerprint density at radius 3 is 2.40 bits per heavy atom. The lowest BCUT2D eigenvalue weighted by Crippen LogP contribution is -2.41. The van der Waals surface area contributed by atoms with Crippen LogP contribution in [0.3, 0.4) is 0 Å². The molecule has 1 aromatic carbocycles. The first-order valence-corrected chi connectivity index (χ1v) is 9.11. The second-order valence-electron chi connectivity index (χ2n) is 8.16. The number of benzene rings is 1. The van der Waals surface area contributed by atoms with Crippen molar-refractivity contribution in [3.63, 3.8) is 0 Å². The maximum Gasteiger partial charge on any atom is 0.495 e. The van der Waals surface area contributed by atoms with Gasteiger partial charge in [0.2, 0.25) is 5.91 Å². The fraction of sp³-hybridized carbons (Fsp3) is 0.632. The van der Waals surface area contributed by atoms with Gasteiger partial charge in [-0.1, -0.05) is 18.9 Å². The summed E-state index contributed by atoms with van der Waals surface area (Å²) in [5.41, 5.74) is 0.390. The largest absolute Gasteiger partial charge is 0.495 e. The van der Waals surface area contributed by atoms with Gasteiger partial charge < -0.3 is 14.6 Å². The Morgan fingerprint density at radius 1 is 1.20 bits per heavy atom. The molecule has 0 spiro atoms. The maximum absolute atomic E-state index is 13.8. The zero-order valence-corrected chi connectivity index (χ0v) is 15.5. The van der Waals surface area contributed by atoms with Crippen molar-refractivity contribution in [1.29, 1.82) is 0 Å². The van der Waals surface area contributed by atoms with E-state index in [2.05, 4.69) is 5.32 Å². The highest BCUT2D eigenvalue weighted by atomic mass is 19.1. The first-order chi connectivity index (χ1) is 11.7. The van der Waals surface area contributed by atoms with Crippen molar-refractivity contribution in [2.24, 2.45) is 0 Å². The number of halogens is 1. The smallest absolute Gasteiger partial charge is 0.399 e. The molecule has 1 saturated heterocycles. The Hall–Kier alpha value is -1.40. The third-order valence-electron chi connectivity index (χ3n) is 5.68. The Labute approximate surface area is 149 Å². The van der Waals surface area contributed by atoms with E-state index >= 15 is 0 Å². The van der Waals surface area contributed by atoms with Gasteiger partial charge in [-0.2, -0.15) is 0 Å². The molecule has 0 aromatic heterocycles. The number of nitrogens with one attached hydrogen (secondary N) is 1. The molecule has 25 heavy (non-hydrogen) atoms. The van der Waals surface area contributed by atoms with Crippen LogP contribution in [0.1, 0.15) is 58.9 Å². The van der Waals surface area contributed by atoms with Gasteiger partial charge in [-0.3, -0.25) is 4.79 Å². The summed E-state index contributed by atoms with van der Waals surface area (Å²) in [6, 6.07) is 4.71. The zero-order chi connectivity index (χ0) is 18.2. The number of carbonyl (C=O) groups excluding carboxylic acids is 1. The van der Waals surface area contributed by atoms with E-state index in [1.54, 1.807) is 6.07 Å². The minimum atomic E-state index is -0.597. The van der Waals surface area contributed by atoms with Crippen molar-refractivity contribution in [3.8, 4) is 0 Å². The first-order valence-electron chi connectivity index (χ1n) is 9.11. The van der Waals surface area contributed by atoms with Crippen molar-refractivity contribution < 1.29 is 18.5 Å². The molecule has 1 aromatic rings. The van der Waals surface area contributed by atoms with Crippen LogP contribution < -0.4 is 10.8 Å². The van der Waals surface area contributed by atoms with Crippen molar-refractivity contribution in [2.75, 3.05) is 0 Å². The standard InChI is InChI=1S/C19H27BFNO3/c1-18(2)19(3,4)25-20(24-18)16-10-9-14(21)11-13(16)12-17(23)22-15-7-5-6-8-15/h9-11,15H,5-8,12H2,1-4H3,(H,22,23). The van der Waals surface area contributed by atoms with E-state index in [0.29, 0.717) is 5.56 Å². The lowest BCUT2D eigenvalue weighted by Gasteiger charge is -2.32. The van der Waals surface area contributed by atoms with E-state index in [1.165, 1.54) is 12.1 Å². The quantitative estimate of drug-likeness (QED) is 0.852. The predicted molar refractivity (Wildman–Crippen MR) is 96.2 cm³/mol. The highest BCUT2D eigenvalue weighted by Crippen LogP contribution is 2.36. The number of hydrogen-bond donors (Lipinski definition) is 1. The Kier molecular flexibility index (Phi) is 4.95. The number of rotatable bonds is 4. The van der Waals surface area contributed by atoms with Crippen LogP contribution in [0.15, 0.2) is 18.2 Å². The fourth-order valence-corrected chi connectivity index (χ4v) is 3.45. The highest BCUT2D eigenvalue weighted by molar-refractivity contribution is 6.62. The van der Waals surface area contributed by atoms with E-state index in [0.717, 1.165) is 31.1 Å². The first kappa shape index (κ1) is 18.4. The topological polar surface area (TPSA) is 47.6 Å². The SMILES string of the molecule is CC1(C)OB(c2ccc(F)cc2CC(=O)NC2CCCC2)OC1(C)C. The summed E-state index contributed by atoms with van der Waals surface area (Å²) >= 11 is 0. The molecule has 136 valence electrons. The molecule has 3 rings (SSSR count). The molecule has 0 unspecified atom stereocenters. The summed E-state index contributed by atoms with van der Waals surface area (Å²) in [4.78, 5) is 12.4. The van der Waals surface area contributed by atoms with E-state index < -0.39 is 18.3 Å². The van der Waals surface area contributed by atoms with Crippen LogP contribution >= 0.6 is 0 Å². The average molecular weight is 347 g/mol. The minimum Gasteiger partial charge on any atom is -0.399 e. The molecule has 2 aliphatic rings. The third-order valence-corrected chi connectivity index (χ3v) is 5.68. The summed E-state index contributed by atoms with van der Waals surface area (Å²) in [5, 5.41) is 3.05. The molecule has 1 N–H and O–H groups in total. The monoisotopic (exact) mass is 347 g/mol. The van der Waals surface area contributed by atoms with Crippen molar-refractivity contribution in [3.05, 3.63) is 29.6 Å². The van der Waals surface area contributed by atoms with Gasteiger partial charge in [0.15, 0.2) is 0 Å². The summed E-state index contributed by atoms with van der Waals surface area (Å²) in [6.45, 7) is 7.90. The molecule has 0 atom stereocenters. The van der Waals surface area contributed by atoms with Gasteiger partial charge in [-0.05, 0) is 63.7 Å². The minimum absolute atomic E-state index is 0.0738. The number of carbonyl (C=O) groups is 1. The molecule has 4 nitrogen and oxygen atoms in total. The van der Waals surface area contributed by atoms with E-state index in [1.807, 2.05) is 27.7 Å². The van der Waals surface area contributed by atoms with Gasteiger partial charge in [-0.15, -0.1) is 0 Å². The normalized spacial score (nSPS) is 22.4. The van der Waals surface area contributed by atoms with Gasteiger partial charge in [0.05, 0.1) is 17.6 Å². The molecule has 1 heterocycles. The second kappa shape index (κ2) is 6.73. The van der Waals surface area contributed by atoms with Crippen LogP contribution in [0.5, 0.6) is 0 Å². The van der Waals surface area contributed by atoms with E-state index in [9.17, 15) is 9.18 Å². The average Bonchev–Trinajstić information content (AvgIpc) is 3.05. The fourth-order valence-electron chi connectivity index (χ4n) is 3.45. The highest BCUT2D eigenvalue weighted by Gasteiger charge is 2.52. The van der Waals surface area contributed by atoms with E-state index in [-0.39, 0.29) is 24.2 Å². The molecular formula is C19H27BFNO3. The molecular weight excluding hydrogens is 320 g/mol. The van der Waals surface area contributed by atoms with Gasteiger partial charge in [0.25, 0.3) is 0 Å². The summed E-state index contributed by atoms with van der Waals surface area (Å²) in [6.07, 6.45) is 4.50. The van der Waals surface area contributed by atoms with Crippen LogP contribution in [0, 0.1) is 5.82 Å². The predicted octanol–water partition coefficient (Wildman–Crippen LogP) is 2.73. The summed E-state index contributed by atoms with van der Waals surface area (Å²) in [5.74, 6) is -0.431. The van der Waals surface area contributed by atoms with Crippen LogP contribution in [0.25, 0.3) is 0 Å². The summed E-state index contributed by atoms with van der Waals surface area (Å²) in [7, 11) is -0.597. The van der Waals surface area contributed by atoms with Crippen molar-refractivity contribution >= 4 is 18.5 Å². The Balaban J connectivity index is 1.78. The molecule has 6 heteroatoms. The lowest BCUT2D eigenvalue weighted by atomic mass is 9.75. The number of amides is 1. The molecule has 1 amide bonds. The third kappa shape index (κ3) is 3.90. The van der Waals surface area contributed by atoms with Crippen LogP contribution in [0.2, 0.25) is 0 Å². The number of hydrogen-bond acceptors (Lipinski definition) is 3. The molecule has 0 radical (unpaired) electrons. The Bertz CT molecular complexity index is 640. The lowest BCUT2D eigenvalue weighted by molar-refractivity contribution is -0.121. The van der Waals surface area contributed by atoms with Crippen molar-refractivity contribution in [2.45, 2.75) is 77.0 Å². The van der Waals surface area contributed by atoms with Crippen LogP contribution in [0.4, 0.5) is 4.39 Å². The van der Waals surface area contributed by atoms with Gasteiger partial charge in [-0.25, -0.2) is 4.39 Å². The van der Waals surface area contributed by atoms with Gasteiger partial charge in [0.1, 0.15) is 5.82 Å². The molecule has 2 fully saturated rings. The molecule has 0 bridgehead atoms. The Morgan fingerprint density at radius 2 is 1.80 bits per heavy atom. The molecule has 1 aliphatic heterocycles. The maximum atomic E-state index is 13.8. The summed E-state index contributed by atoms with van der Waals surface area (Å²) < 4.78 is 25.9. The zero-order valence-electron chi connectivity index (χ0n) is 15.5. The van der Waals surface area contributed by atoms with Crippen molar-refractivity contribution in [1.82, 2.24) is 5.32 Å². The van der Waals surface area contributed by atoms with Crippen LogP contribution in [-0.2, 0) is 20.5 Å². The van der Waals surface area contributed by atoms with E-state index in [4.69, 9.17) is 9.31 Å². The molecule has 1 saturated carbocycles.